The number of carbonyl (C=O) groups is 1. The SMILES string of the molecule is CCCCCn1c(=O)c(C(=O)NC(C)(C)C)cc2cccc(OC)c21. The molecule has 25 heavy (non-hydrogen) atoms. The average molecular weight is 344 g/mol. The quantitative estimate of drug-likeness (QED) is 0.812. The number of amides is 1. The molecule has 2 aromatic rings. The number of pyridine rings is 1. The molecule has 1 heterocycles. The van der Waals surface area contributed by atoms with Gasteiger partial charge in [0, 0.05) is 17.5 Å². The molecule has 0 unspecified atom stereocenters. The molecule has 5 heteroatoms. The summed E-state index contributed by atoms with van der Waals surface area (Å²) in [6.07, 6.45) is 2.98. The van der Waals surface area contributed by atoms with Crippen molar-refractivity contribution in [2.75, 3.05) is 7.11 Å². The smallest absolute Gasteiger partial charge is 0.264 e. The third-order valence-electron chi connectivity index (χ3n) is 4.01. The van der Waals surface area contributed by atoms with Gasteiger partial charge in [-0.15, -0.1) is 0 Å². The first-order valence-corrected chi connectivity index (χ1v) is 8.81. The molecule has 0 aliphatic carbocycles. The van der Waals surface area contributed by atoms with Gasteiger partial charge in [-0.3, -0.25) is 9.59 Å². The van der Waals surface area contributed by atoms with Crippen LogP contribution in [0.1, 0.15) is 57.3 Å². The van der Waals surface area contributed by atoms with Crippen LogP contribution in [0, 0.1) is 0 Å². The van der Waals surface area contributed by atoms with Gasteiger partial charge in [-0.05, 0) is 39.3 Å². The predicted octanol–water partition coefficient (Wildman–Crippen LogP) is 3.73. The Kier molecular flexibility index (Phi) is 5.88. The highest BCUT2D eigenvalue weighted by Crippen LogP contribution is 2.25. The molecule has 1 aromatic heterocycles. The van der Waals surface area contributed by atoms with Crippen LogP contribution in [-0.4, -0.2) is 23.1 Å². The zero-order valence-electron chi connectivity index (χ0n) is 15.8. The molecule has 1 aromatic carbocycles. The summed E-state index contributed by atoms with van der Waals surface area (Å²) in [6.45, 7) is 8.38. The van der Waals surface area contributed by atoms with E-state index in [2.05, 4.69) is 12.2 Å². The maximum absolute atomic E-state index is 13.0. The van der Waals surface area contributed by atoms with Crippen LogP contribution in [-0.2, 0) is 6.54 Å². The molecule has 0 radical (unpaired) electrons. The number of fused-ring (bicyclic) bond motifs is 1. The number of para-hydroxylation sites is 1. The molecule has 0 atom stereocenters. The maximum atomic E-state index is 13.0. The van der Waals surface area contributed by atoms with E-state index in [0.717, 1.165) is 30.2 Å². The number of nitrogens with one attached hydrogen (secondary N) is 1. The number of unbranched alkanes of at least 4 members (excludes halogenated alkanes) is 2. The van der Waals surface area contributed by atoms with Crippen molar-refractivity contribution in [2.45, 2.75) is 59.0 Å². The standard InChI is InChI=1S/C20H28N2O3/c1-6-7-8-12-22-17-14(10-9-11-16(17)25-5)13-15(19(22)24)18(23)21-20(2,3)4/h9-11,13H,6-8,12H2,1-5H3,(H,21,23). The highest BCUT2D eigenvalue weighted by molar-refractivity contribution is 5.98. The predicted molar refractivity (Wildman–Crippen MR) is 102 cm³/mol. The van der Waals surface area contributed by atoms with Crippen molar-refractivity contribution in [3.63, 3.8) is 0 Å². The molecular formula is C20H28N2O3. The van der Waals surface area contributed by atoms with Crippen LogP contribution in [0.25, 0.3) is 10.9 Å². The van der Waals surface area contributed by atoms with Crippen molar-refractivity contribution in [3.8, 4) is 5.75 Å². The maximum Gasteiger partial charge on any atom is 0.264 e. The number of ether oxygens (including phenoxy) is 1. The largest absolute Gasteiger partial charge is 0.495 e. The Hall–Kier alpha value is -2.30. The minimum absolute atomic E-state index is 0.173. The monoisotopic (exact) mass is 344 g/mol. The first-order chi connectivity index (χ1) is 11.8. The van der Waals surface area contributed by atoms with Gasteiger partial charge in [0.2, 0.25) is 0 Å². The average Bonchev–Trinajstić information content (AvgIpc) is 2.54. The second kappa shape index (κ2) is 7.72. The minimum atomic E-state index is -0.403. The van der Waals surface area contributed by atoms with E-state index in [-0.39, 0.29) is 17.0 Å². The van der Waals surface area contributed by atoms with Gasteiger partial charge in [0.05, 0.1) is 12.6 Å². The number of carbonyl (C=O) groups excluding carboxylic acids is 1. The molecule has 0 spiro atoms. The zero-order valence-corrected chi connectivity index (χ0v) is 15.8. The molecule has 0 bridgehead atoms. The van der Waals surface area contributed by atoms with Crippen LogP contribution in [0.2, 0.25) is 0 Å². The molecule has 0 aliphatic rings. The van der Waals surface area contributed by atoms with Crippen molar-refractivity contribution >= 4 is 16.8 Å². The molecule has 1 N–H and O–H groups in total. The lowest BCUT2D eigenvalue weighted by molar-refractivity contribution is 0.0917. The molecule has 0 saturated carbocycles. The number of aromatic nitrogens is 1. The Morgan fingerprint density at radius 1 is 1.24 bits per heavy atom. The number of methoxy groups -OCH3 is 1. The van der Waals surface area contributed by atoms with Crippen molar-refractivity contribution in [2.24, 2.45) is 0 Å². The topological polar surface area (TPSA) is 60.3 Å². The fraction of sp³-hybridized carbons (Fsp3) is 0.500. The summed E-state index contributed by atoms with van der Waals surface area (Å²) in [5.41, 5.74) is 0.250. The first kappa shape index (κ1) is 19.0. The van der Waals surface area contributed by atoms with Gasteiger partial charge in [0.25, 0.3) is 11.5 Å². The molecule has 0 saturated heterocycles. The molecule has 5 nitrogen and oxygen atoms in total. The number of nitrogens with zero attached hydrogens (tertiary/aromatic N) is 1. The second-order valence-electron chi connectivity index (χ2n) is 7.32. The van der Waals surface area contributed by atoms with Crippen molar-refractivity contribution in [3.05, 3.63) is 40.2 Å². The lowest BCUT2D eigenvalue weighted by Gasteiger charge is -2.21. The van der Waals surface area contributed by atoms with Crippen molar-refractivity contribution < 1.29 is 9.53 Å². The van der Waals surface area contributed by atoms with Crippen LogP contribution in [0.4, 0.5) is 0 Å². The summed E-state index contributed by atoms with van der Waals surface area (Å²) < 4.78 is 7.13. The van der Waals surface area contributed by atoms with Crippen LogP contribution in [0.3, 0.4) is 0 Å². The molecular weight excluding hydrogens is 316 g/mol. The Labute approximate surface area is 149 Å². The van der Waals surface area contributed by atoms with Gasteiger partial charge in [0.15, 0.2) is 0 Å². The van der Waals surface area contributed by atoms with E-state index in [9.17, 15) is 9.59 Å². The van der Waals surface area contributed by atoms with Crippen LogP contribution in [0.15, 0.2) is 29.1 Å². The highest BCUT2D eigenvalue weighted by Gasteiger charge is 2.21. The molecule has 2 rings (SSSR count). The summed E-state index contributed by atoms with van der Waals surface area (Å²) in [5, 5.41) is 3.71. The van der Waals surface area contributed by atoms with E-state index < -0.39 is 5.54 Å². The third-order valence-corrected chi connectivity index (χ3v) is 4.01. The molecule has 136 valence electrons. The Morgan fingerprint density at radius 2 is 1.96 bits per heavy atom. The lowest BCUT2D eigenvalue weighted by Crippen LogP contribution is -2.43. The van der Waals surface area contributed by atoms with Gasteiger partial charge in [-0.2, -0.15) is 0 Å². The number of hydrogen-bond donors (Lipinski definition) is 1. The van der Waals surface area contributed by atoms with Crippen LogP contribution in [0.5, 0.6) is 5.75 Å². The number of hydrogen-bond acceptors (Lipinski definition) is 3. The summed E-state index contributed by atoms with van der Waals surface area (Å²) >= 11 is 0. The summed E-state index contributed by atoms with van der Waals surface area (Å²) in [6, 6.07) is 7.28. The molecule has 0 fully saturated rings. The van der Waals surface area contributed by atoms with E-state index in [1.165, 1.54) is 0 Å². The van der Waals surface area contributed by atoms with Gasteiger partial charge >= 0.3 is 0 Å². The normalized spacial score (nSPS) is 11.6. The third kappa shape index (κ3) is 4.41. The number of benzene rings is 1. The number of aryl methyl sites for hydroxylation is 1. The number of rotatable bonds is 6. The Balaban J connectivity index is 2.63. The fourth-order valence-electron chi connectivity index (χ4n) is 2.88. The summed E-state index contributed by atoms with van der Waals surface area (Å²) in [7, 11) is 1.59. The second-order valence-corrected chi connectivity index (χ2v) is 7.32. The van der Waals surface area contributed by atoms with Crippen LogP contribution >= 0.6 is 0 Å². The molecule has 1 amide bonds. The highest BCUT2D eigenvalue weighted by atomic mass is 16.5. The van der Waals surface area contributed by atoms with Gasteiger partial charge in [0.1, 0.15) is 11.3 Å². The van der Waals surface area contributed by atoms with Gasteiger partial charge < -0.3 is 14.6 Å². The summed E-state index contributed by atoms with van der Waals surface area (Å²) in [4.78, 5) is 25.6. The van der Waals surface area contributed by atoms with E-state index >= 15 is 0 Å². The first-order valence-electron chi connectivity index (χ1n) is 8.81. The van der Waals surface area contributed by atoms with Crippen molar-refractivity contribution in [1.29, 1.82) is 0 Å². The van der Waals surface area contributed by atoms with Gasteiger partial charge in [-0.1, -0.05) is 31.9 Å². The minimum Gasteiger partial charge on any atom is -0.495 e. The fourth-order valence-corrected chi connectivity index (χ4v) is 2.88. The van der Waals surface area contributed by atoms with E-state index in [0.29, 0.717) is 12.3 Å². The zero-order chi connectivity index (χ0) is 18.6. The van der Waals surface area contributed by atoms with Gasteiger partial charge in [-0.25, -0.2) is 0 Å². The van der Waals surface area contributed by atoms with E-state index in [4.69, 9.17) is 4.74 Å². The lowest BCUT2D eigenvalue weighted by atomic mass is 10.1. The van der Waals surface area contributed by atoms with E-state index in [1.807, 2.05) is 39.0 Å². The Morgan fingerprint density at radius 3 is 2.56 bits per heavy atom. The summed E-state index contributed by atoms with van der Waals surface area (Å²) in [5.74, 6) is 0.306. The van der Waals surface area contributed by atoms with Crippen molar-refractivity contribution in [1.82, 2.24) is 9.88 Å². The van der Waals surface area contributed by atoms with E-state index in [1.54, 1.807) is 17.7 Å². The molecule has 0 aliphatic heterocycles. The van der Waals surface area contributed by atoms with Crippen LogP contribution < -0.4 is 15.6 Å². The Bertz CT molecular complexity index is 816.